The molecule has 126 valence electrons. The SMILES string of the molecule is CN1CCN(c2ccc(-c3cc(-c4ccccc4)ncn3)cc2)CC1. The topological polar surface area (TPSA) is 32.3 Å². The van der Waals surface area contributed by atoms with E-state index in [1.165, 1.54) is 5.69 Å². The molecule has 1 fully saturated rings. The second kappa shape index (κ2) is 7.03. The maximum atomic E-state index is 4.46. The van der Waals surface area contributed by atoms with Gasteiger partial charge in [-0.15, -0.1) is 0 Å². The number of piperazine rings is 1. The van der Waals surface area contributed by atoms with E-state index in [0.29, 0.717) is 0 Å². The second-order valence-electron chi connectivity index (χ2n) is 6.49. The molecule has 2 aromatic carbocycles. The van der Waals surface area contributed by atoms with Crippen LogP contribution in [0.2, 0.25) is 0 Å². The van der Waals surface area contributed by atoms with Gasteiger partial charge in [0.25, 0.3) is 0 Å². The molecule has 0 saturated carbocycles. The van der Waals surface area contributed by atoms with Gasteiger partial charge in [0.2, 0.25) is 0 Å². The summed E-state index contributed by atoms with van der Waals surface area (Å²) in [5.41, 5.74) is 5.43. The normalized spacial score (nSPS) is 15.3. The molecule has 1 aromatic heterocycles. The Balaban J connectivity index is 1.56. The van der Waals surface area contributed by atoms with Gasteiger partial charge < -0.3 is 9.80 Å². The molecule has 1 saturated heterocycles. The molecule has 0 unspecified atom stereocenters. The predicted octanol–water partition coefficient (Wildman–Crippen LogP) is 3.56. The number of hydrogen-bond acceptors (Lipinski definition) is 4. The van der Waals surface area contributed by atoms with E-state index in [0.717, 1.165) is 48.7 Å². The van der Waals surface area contributed by atoms with Gasteiger partial charge in [0.1, 0.15) is 6.33 Å². The maximum absolute atomic E-state index is 4.46. The van der Waals surface area contributed by atoms with Crippen molar-refractivity contribution in [1.82, 2.24) is 14.9 Å². The van der Waals surface area contributed by atoms with Crippen molar-refractivity contribution in [3.63, 3.8) is 0 Å². The standard InChI is InChI=1S/C21H22N4/c1-24-11-13-25(14-12-24)19-9-7-18(8-10-19)21-15-20(22-16-23-21)17-5-3-2-4-6-17/h2-10,15-16H,11-14H2,1H3. The zero-order valence-electron chi connectivity index (χ0n) is 14.5. The Morgan fingerprint density at radius 1 is 0.720 bits per heavy atom. The average molecular weight is 330 g/mol. The molecule has 4 rings (SSSR count). The number of likely N-dealkylation sites (N-methyl/N-ethyl adjacent to an activating group) is 1. The molecule has 0 N–H and O–H groups in total. The third-order valence-corrected chi connectivity index (χ3v) is 4.77. The maximum Gasteiger partial charge on any atom is 0.116 e. The minimum absolute atomic E-state index is 0.953. The molecule has 4 heteroatoms. The summed E-state index contributed by atoms with van der Waals surface area (Å²) >= 11 is 0. The van der Waals surface area contributed by atoms with Crippen LogP contribution in [-0.4, -0.2) is 48.1 Å². The number of aromatic nitrogens is 2. The van der Waals surface area contributed by atoms with Crippen LogP contribution in [0.3, 0.4) is 0 Å². The van der Waals surface area contributed by atoms with Gasteiger partial charge in [-0.2, -0.15) is 0 Å². The first-order chi connectivity index (χ1) is 12.3. The van der Waals surface area contributed by atoms with Crippen LogP contribution in [-0.2, 0) is 0 Å². The van der Waals surface area contributed by atoms with Crippen LogP contribution < -0.4 is 4.90 Å². The van der Waals surface area contributed by atoms with Crippen molar-refractivity contribution in [3.8, 4) is 22.5 Å². The van der Waals surface area contributed by atoms with Crippen LogP contribution in [0.25, 0.3) is 22.5 Å². The molecule has 0 aliphatic carbocycles. The quantitative estimate of drug-likeness (QED) is 0.735. The lowest BCUT2D eigenvalue weighted by Crippen LogP contribution is -2.44. The van der Waals surface area contributed by atoms with Gasteiger partial charge in [0.05, 0.1) is 11.4 Å². The number of hydrogen-bond donors (Lipinski definition) is 0. The summed E-state index contributed by atoms with van der Waals surface area (Å²) in [6, 6.07) is 21.0. The third-order valence-electron chi connectivity index (χ3n) is 4.77. The van der Waals surface area contributed by atoms with Crippen LogP contribution in [0, 0.1) is 0 Å². The Morgan fingerprint density at radius 2 is 1.32 bits per heavy atom. The Labute approximate surface area is 148 Å². The summed E-state index contributed by atoms with van der Waals surface area (Å²) < 4.78 is 0. The van der Waals surface area contributed by atoms with Crippen LogP contribution in [0.4, 0.5) is 5.69 Å². The van der Waals surface area contributed by atoms with Crippen molar-refractivity contribution in [1.29, 1.82) is 0 Å². The molecule has 1 aliphatic heterocycles. The molecule has 0 atom stereocenters. The summed E-state index contributed by atoms with van der Waals surface area (Å²) in [7, 11) is 2.18. The molecule has 2 heterocycles. The zero-order valence-corrected chi connectivity index (χ0v) is 14.5. The fourth-order valence-corrected chi connectivity index (χ4v) is 3.19. The number of anilines is 1. The highest BCUT2D eigenvalue weighted by Crippen LogP contribution is 2.25. The van der Waals surface area contributed by atoms with Crippen molar-refractivity contribution in [2.75, 3.05) is 38.1 Å². The summed E-state index contributed by atoms with van der Waals surface area (Å²) in [5.74, 6) is 0. The first-order valence-electron chi connectivity index (χ1n) is 8.71. The van der Waals surface area contributed by atoms with E-state index in [4.69, 9.17) is 0 Å². The highest BCUT2D eigenvalue weighted by molar-refractivity contribution is 5.68. The monoisotopic (exact) mass is 330 g/mol. The molecule has 0 bridgehead atoms. The second-order valence-corrected chi connectivity index (χ2v) is 6.49. The van der Waals surface area contributed by atoms with Crippen LogP contribution >= 0.6 is 0 Å². The van der Waals surface area contributed by atoms with Gasteiger partial charge in [0.15, 0.2) is 0 Å². The van der Waals surface area contributed by atoms with Gasteiger partial charge >= 0.3 is 0 Å². The van der Waals surface area contributed by atoms with Crippen molar-refractivity contribution in [2.45, 2.75) is 0 Å². The van der Waals surface area contributed by atoms with E-state index in [1.807, 2.05) is 18.2 Å². The number of rotatable bonds is 3. The highest BCUT2D eigenvalue weighted by Gasteiger charge is 2.14. The predicted molar refractivity (Wildman–Crippen MR) is 103 cm³/mol. The van der Waals surface area contributed by atoms with E-state index in [9.17, 15) is 0 Å². The molecule has 25 heavy (non-hydrogen) atoms. The fraction of sp³-hybridized carbons (Fsp3) is 0.238. The van der Waals surface area contributed by atoms with Gasteiger partial charge in [-0.25, -0.2) is 9.97 Å². The molecule has 3 aromatic rings. The summed E-state index contributed by atoms with van der Waals surface area (Å²) in [4.78, 5) is 13.7. The molecular formula is C21H22N4. The van der Waals surface area contributed by atoms with Crippen LogP contribution in [0.15, 0.2) is 67.0 Å². The van der Waals surface area contributed by atoms with Crippen molar-refractivity contribution in [3.05, 3.63) is 67.0 Å². The van der Waals surface area contributed by atoms with Crippen LogP contribution in [0.5, 0.6) is 0 Å². The number of nitrogens with zero attached hydrogens (tertiary/aromatic N) is 4. The fourth-order valence-electron chi connectivity index (χ4n) is 3.19. The smallest absolute Gasteiger partial charge is 0.116 e. The van der Waals surface area contributed by atoms with E-state index in [2.05, 4.69) is 69.3 Å². The van der Waals surface area contributed by atoms with Crippen LogP contribution in [0.1, 0.15) is 0 Å². The van der Waals surface area contributed by atoms with Gasteiger partial charge in [-0.3, -0.25) is 0 Å². The minimum atomic E-state index is 0.953. The first-order valence-corrected chi connectivity index (χ1v) is 8.71. The third kappa shape index (κ3) is 3.54. The molecule has 0 spiro atoms. The van der Waals surface area contributed by atoms with E-state index in [-0.39, 0.29) is 0 Å². The largest absolute Gasteiger partial charge is 0.369 e. The molecule has 4 nitrogen and oxygen atoms in total. The van der Waals surface area contributed by atoms with Gasteiger partial charge in [-0.1, -0.05) is 42.5 Å². The minimum Gasteiger partial charge on any atom is -0.369 e. The molecule has 0 amide bonds. The Bertz CT molecular complexity index is 822. The Kier molecular flexibility index (Phi) is 4.44. The van der Waals surface area contributed by atoms with E-state index in [1.54, 1.807) is 6.33 Å². The highest BCUT2D eigenvalue weighted by atomic mass is 15.2. The zero-order chi connectivity index (χ0) is 17.1. The van der Waals surface area contributed by atoms with Gasteiger partial charge in [0, 0.05) is 43.0 Å². The lowest BCUT2D eigenvalue weighted by molar-refractivity contribution is 0.313. The first kappa shape index (κ1) is 15.8. The van der Waals surface area contributed by atoms with Crippen molar-refractivity contribution < 1.29 is 0 Å². The molecule has 1 aliphatic rings. The summed E-state index contributed by atoms with van der Waals surface area (Å²) in [6.45, 7) is 4.41. The lowest BCUT2D eigenvalue weighted by Gasteiger charge is -2.34. The van der Waals surface area contributed by atoms with Crippen molar-refractivity contribution in [2.24, 2.45) is 0 Å². The van der Waals surface area contributed by atoms with E-state index < -0.39 is 0 Å². The molecule has 0 radical (unpaired) electrons. The van der Waals surface area contributed by atoms with E-state index >= 15 is 0 Å². The lowest BCUT2D eigenvalue weighted by atomic mass is 10.1. The average Bonchev–Trinajstić information content (AvgIpc) is 2.70. The summed E-state index contributed by atoms with van der Waals surface area (Å²) in [5, 5.41) is 0. The Hall–Kier alpha value is -2.72. The number of benzene rings is 2. The molecular weight excluding hydrogens is 308 g/mol. The summed E-state index contributed by atoms with van der Waals surface area (Å²) in [6.07, 6.45) is 1.64. The van der Waals surface area contributed by atoms with Gasteiger partial charge in [-0.05, 0) is 25.2 Å². The Morgan fingerprint density at radius 3 is 1.96 bits per heavy atom. The van der Waals surface area contributed by atoms with Crippen molar-refractivity contribution >= 4 is 5.69 Å².